The second-order valence-electron chi connectivity index (χ2n) is 6.34. The van der Waals surface area contributed by atoms with Gasteiger partial charge in [-0.2, -0.15) is 0 Å². The molecule has 2 heterocycles. The lowest BCUT2D eigenvalue weighted by atomic mass is 10.1. The standard InChI is InChI=1S/C22H21N3O4S/c1-3-29-22(28)18-14(2)17(20(27)24-12-15-8-5-4-6-9-15)21(30-18)25-19(26)16-10-7-11-23-13-16/h4-11,13H,3,12H2,1-2H3,(H,24,27)(H,25,26). The van der Waals surface area contributed by atoms with Gasteiger partial charge in [0.2, 0.25) is 0 Å². The lowest BCUT2D eigenvalue weighted by molar-refractivity contribution is 0.0531. The van der Waals surface area contributed by atoms with Crippen molar-refractivity contribution in [2.24, 2.45) is 0 Å². The molecular weight excluding hydrogens is 402 g/mol. The molecule has 2 N–H and O–H groups in total. The molecule has 0 bridgehead atoms. The van der Waals surface area contributed by atoms with Crippen LogP contribution in [0.4, 0.5) is 5.00 Å². The van der Waals surface area contributed by atoms with Gasteiger partial charge in [0.05, 0.1) is 17.7 Å². The lowest BCUT2D eigenvalue weighted by Gasteiger charge is -2.09. The number of benzene rings is 1. The number of carbonyl (C=O) groups excluding carboxylic acids is 3. The van der Waals surface area contributed by atoms with Gasteiger partial charge in [-0.05, 0) is 37.1 Å². The van der Waals surface area contributed by atoms with E-state index in [1.165, 1.54) is 6.20 Å². The van der Waals surface area contributed by atoms with Crippen molar-refractivity contribution in [3.05, 3.63) is 82.0 Å². The van der Waals surface area contributed by atoms with Crippen LogP contribution in [0.1, 0.15) is 48.4 Å². The molecule has 0 fully saturated rings. The van der Waals surface area contributed by atoms with E-state index in [2.05, 4.69) is 15.6 Å². The Balaban J connectivity index is 1.89. The Morgan fingerprint density at radius 1 is 1.07 bits per heavy atom. The molecule has 8 heteroatoms. The van der Waals surface area contributed by atoms with Gasteiger partial charge in [-0.3, -0.25) is 14.6 Å². The number of amides is 2. The summed E-state index contributed by atoms with van der Waals surface area (Å²) in [5.41, 5.74) is 1.99. The maximum absolute atomic E-state index is 13.0. The number of carbonyl (C=O) groups is 3. The molecule has 2 aromatic heterocycles. The van der Waals surface area contributed by atoms with Gasteiger partial charge in [0.25, 0.3) is 11.8 Å². The van der Waals surface area contributed by atoms with E-state index in [0.29, 0.717) is 17.7 Å². The topological polar surface area (TPSA) is 97.4 Å². The summed E-state index contributed by atoms with van der Waals surface area (Å²) in [4.78, 5) is 42.1. The van der Waals surface area contributed by atoms with Gasteiger partial charge >= 0.3 is 5.97 Å². The van der Waals surface area contributed by atoms with Crippen LogP contribution < -0.4 is 10.6 Å². The predicted molar refractivity (Wildman–Crippen MR) is 115 cm³/mol. The summed E-state index contributed by atoms with van der Waals surface area (Å²) >= 11 is 1.02. The molecule has 0 spiro atoms. The lowest BCUT2D eigenvalue weighted by Crippen LogP contribution is -2.25. The Morgan fingerprint density at radius 2 is 1.83 bits per heavy atom. The first-order chi connectivity index (χ1) is 14.5. The Bertz CT molecular complexity index is 1050. The van der Waals surface area contributed by atoms with E-state index in [-0.39, 0.29) is 28.0 Å². The third-order valence-electron chi connectivity index (χ3n) is 4.28. The van der Waals surface area contributed by atoms with Crippen LogP contribution in [0.15, 0.2) is 54.9 Å². The Kier molecular flexibility index (Phi) is 6.92. The molecule has 3 aromatic rings. The number of hydrogen-bond acceptors (Lipinski definition) is 6. The van der Waals surface area contributed by atoms with Crippen molar-refractivity contribution in [1.82, 2.24) is 10.3 Å². The molecule has 0 aliphatic rings. The van der Waals surface area contributed by atoms with Crippen LogP contribution in [0.25, 0.3) is 0 Å². The summed E-state index contributed by atoms with van der Waals surface area (Å²) in [5.74, 6) is -1.33. The number of aromatic nitrogens is 1. The van der Waals surface area contributed by atoms with Crippen LogP contribution in [-0.4, -0.2) is 29.4 Å². The van der Waals surface area contributed by atoms with Gasteiger partial charge in [0.1, 0.15) is 9.88 Å². The Labute approximate surface area is 178 Å². The molecule has 154 valence electrons. The van der Waals surface area contributed by atoms with E-state index in [0.717, 1.165) is 16.9 Å². The average Bonchev–Trinajstić information content (AvgIpc) is 3.09. The molecule has 0 saturated heterocycles. The van der Waals surface area contributed by atoms with Crippen LogP contribution in [0.2, 0.25) is 0 Å². The zero-order valence-electron chi connectivity index (χ0n) is 16.6. The molecule has 0 unspecified atom stereocenters. The molecular formula is C22H21N3O4S. The van der Waals surface area contributed by atoms with Crippen molar-refractivity contribution in [1.29, 1.82) is 0 Å². The number of nitrogens with zero attached hydrogens (tertiary/aromatic N) is 1. The first-order valence-corrected chi connectivity index (χ1v) is 10.2. The molecule has 2 amide bonds. The molecule has 0 saturated carbocycles. The third kappa shape index (κ3) is 4.90. The fraction of sp³-hybridized carbons (Fsp3) is 0.182. The van der Waals surface area contributed by atoms with Crippen LogP contribution in [-0.2, 0) is 11.3 Å². The summed E-state index contributed by atoms with van der Waals surface area (Å²) < 4.78 is 5.09. The van der Waals surface area contributed by atoms with E-state index in [1.807, 2.05) is 30.3 Å². The normalized spacial score (nSPS) is 10.3. The second-order valence-corrected chi connectivity index (χ2v) is 7.37. The fourth-order valence-corrected chi connectivity index (χ4v) is 3.90. The van der Waals surface area contributed by atoms with E-state index in [9.17, 15) is 14.4 Å². The van der Waals surface area contributed by atoms with E-state index in [1.54, 1.807) is 32.2 Å². The number of ether oxygens (including phenoxy) is 1. The van der Waals surface area contributed by atoms with Gasteiger partial charge in [-0.25, -0.2) is 4.79 Å². The van der Waals surface area contributed by atoms with Crippen molar-refractivity contribution >= 4 is 34.1 Å². The smallest absolute Gasteiger partial charge is 0.348 e. The minimum Gasteiger partial charge on any atom is -0.462 e. The highest BCUT2D eigenvalue weighted by Gasteiger charge is 2.26. The highest BCUT2D eigenvalue weighted by molar-refractivity contribution is 7.18. The SMILES string of the molecule is CCOC(=O)c1sc(NC(=O)c2cccnc2)c(C(=O)NCc2ccccc2)c1C. The summed E-state index contributed by atoms with van der Waals surface area (Å²) in [7, 11) is 0. The summed E-state index contributed by atoms with van der Waals surface area (Å²) in [5, 5.41) is 5.87. The number of hydrogen-bond donors (Lipinski definition) is 2. The zero-order chi connectivity index (χ0) is 21.5. The van der Waals surface area contributed by atoms with Crippen molar-refractivity contribution in [3.63, 3.8) is 0 Å². The van der Waals surface area contributed by atoms with Crippen molar-refractivity contribution in [3.8, 4) is 0 Å². The summed E-state index contributed by atoms with van der Waals surface area (Å²) in [6, 6.07) is 12.7. The predicted octanol–water partition coefficient (Wildman–Crippen LogP) is 3.81. The van der Waals surface area contributed by atoms with Gasteiger partial charge in [-0.1, -0.05) is 30.3 Å². The number of esters is 1. The van der Waals surface area contributed by atoms with Crippen LogP contribution in [0.5, 0.6) is 0 Å². The number of thiophene rings is 1. The first kappa shape index (κ1) is 21.2. The Morgan fingerprint density at radius 3 is 2.50 bits per heavy atom. The van der Waals surface area contributed by atoms with Crippen LogP contribution in [0.3, 0.4) is 0 Å². The van der Waals surface area contributed by atoms with Crippen molar-refractivity contribution < 1.29 is 19.1 Å². The maximum Gasteiger partial charge on any atom is 0.348 e. The molecule has 1 aromatic carbocycles. The minimum absolute atomic E-state index is 0.211. The minimum atomic E-state index is -0.529. The quantitative estimate of drug-likeness (QED) is 0.563. The largest absolute Gasteiger partial charge is 0.462 e. The van der Waals surface area contributed by atoms with E-state index < -0.39 is 11.9 Å². The zero-order valence-corrected chi connectivity index (χ0v) is 17.4. The molecule has 0 radical (unpaired) electrons. The van der Waals surface area contributed by atoms with Crippen molar-refractivity contribution in [2.75, 3.05) is 11.9 Å². The van der Waals surface area contributed by atoms with Gasteiger partial charge < -0.3 is 15.4 Å². The van der Waals surface area contributed by atoms with E-state index in [4.69, 9.17) is 4.74 Å². The highest BCUT2D eigenvalue weighted by atomic mass is 32.1. The molecule has 0 aliphatic heterocycles. The summed E-state index contributed by atoms with van der Waals surface area (Å²) in [6.07, 6.45) is 2.99. The molecule has 7 nitrogen and oxygen atoms in total. The summed E-state index contributed by atoms with van der Waals surface area (Å²) in [6.45, 7) is 3.90. The average molecular weight is 423 g/mol. The molecule has 0 aliphatic carbocycles. The monoisotopic (exact) mass is 423 g/mol. The van der Waals surface area contributed by atoms with Crippen LogP contribution >= 0.6 is 11.3 Å². The van der Waals surface area contributed by atoms with E-state index >= 15 is 0 Å². The molecule has 30 heavy (non-hydrogen) atoms. The second kappa shape index (κ2) is 9.80. The Hall–Kier alpha value is -3.52. The van der Waals surface area contributed by atoms with Crippen molar-refractivity contribution in [2.45, 2.75) is 20.4 Å². The van der Waals surface area contributed by atoms with Crippen LogP contribution in [0, 0.1) is 6.92 Å². The third-order valence-corrected chi connectivity index (χ3v) is 5.47. The number of nitrogens with one attached hydrogen (secondary N) is 2. The maximum atomic E-state index is 13.0. The van der Waals surface area contributed by atoms with Gasteiger partial charge in [-0.15, -0.1) is 11.3 Å². The highest BCUT2D eigenvalue weighted by Crippen LogP contribution is 2.34. The van der Waals surface area contributed by atoms with Gasteiger partial charge in [0.15, 0.2) is 0 Å². The van der Waals surface area contributed by atoms with Gasteiger partial charge in [0, 0.05) is 18.9 Å². The molecule has 0 atom stereocenters. The first-order valence-electron chi connectivity index (χ1n) is 9.35. The number of rotatable bonds is 7. The number of anilines is 1. The number of pyridine rings is 1. The fourth-order valence-electron chi connectivity index (χ4n) is 2.81. The molecule has 3 rings (SSSR count).